The second-order valence-electron chi connectivity index (χ2n) is 5.31. The minimum atomic E-state index is -1.12. The predicted octanol–water partition coefficient (Wildman–Crippen LogP) is 0.903. The van der Waals surface area contributed by atoms with Crippen molar-refractivity contribution in [3.63, 3.8) is 0 Å². The summed E-state index contributed by atoms with van der Waals surface area (Å²) in [7, 11) is 0. The number of hydrogen-bond donors (Lipinski definition) is 2. The van der Waals surface area contributed by atoms with Crippen LogP contribution >= 0.6 is 0 Å². The van der Waals surface area contributed by atoms with Gasteiger partial charge in [0.1, 0.15) is 0 Å². The summed E-state index contributed by atoms with van der Waals surface area (Å²) in [6.45, 7) is 6.03. The Hall–Kier alpha value is -1.43. The minimum absolute atomic E-state index is 0.162. The molecule has 1 heterocycles. The van der Waals surface area contributed by atoms with Crippen LogP contribution in [0.5, 0.6) is 0 Å². The number of ether oxygens (including phenoxy) is 1. The average molecular weight is 278 g/mol. The summed E-state index contributed by atoms with van der Waals surface area (Å²) in [5, 5.41) is 12.7. The topological polar surface area (TPSA) is 61.8 Å². The van der Waals surface area contributed by atoms with Crippen molar-refractivity contribution < 1.29 is 14.6 Å². The van der Waals surface area contributed by atoms with Crippen molar-refractivity contribution in [2.24, 2.45) is 0 Å². The van der Waals surface area contributed by atoms with Crippen molar-refractivity contribution in [3.05, 3.63) is 35.9 Å². The van der Waals surface area contributed by atoms with E-state index in [-0.39, 0.29) is 18.1 Å². The highest BCUT2D eigenvalue weighted by Crippen LogP contribution is 2.13. The van der Waals surface area contributed by atoms with Crippen LogP contribution in [0.4, 0.5) is 0 Å². The highest BCUT2D eigenvalue weighted by molar-refractivity contribution is 5.81. The van der Waals surface area contributed by atoms with Crippen LogP contribution < -0.4 is 5.32 Å². The zero-order valence-electron chi connectivity index (χ0n) is 12.0. The first-order valence-corrected chi connectivity index (χ1v) is 6.95. The van der Waals surface area contributed by atoms with Gasteiger partial charge in [0.2, 0.25) is 0 Å². The Morgan fingerprint density at radius 3 is 2.55 bits per heavy atom. The molecule has 3 unspecified atom stereocenters. The molecule has 0 radical (unpaired) electrons. The highest BCUT2D eigenvalue weighted by atomic mass is 16.5. The molecule has 0 bridgehead atoms. The molecule has 20 heavy (non-hydrogen) atoms. The molecular weight excluding hydrogens is 256 g/mol. The second kappa shape index (κ2) is 6.83. The standard InChI is InChI=1S/C15H22N2O3/c1-11-8-17(9-12(2)20-11)10-16-15(19)14(18)13-6-4-3-5-7-13/h3-7,11-12,14,18H,8-10H2,1-2H3,(H,16,19). The summed E-state index contributed by atoms with van der Waals surface area (Å²) in [4.78, 5) is 14.0. The molecule has 1 aromatic carbocycles. The van der Waals surface area contributed by atoms with Crippen molar-refractivity contribution in [1.29, 1.82) is 0 Å². The molecule has 5 heteroatoms. The lowest BCUT2D eigenvalue weighted by atomic mass is 10.1. The number of aliphatic hydroxyl groups is 1. The number of benzene rings is 1. The van der Waals surface area contributed by atoms with Gasteiger partial charge in [-0.3, -0.25) is 9.69 Å². The van der Waals surface area contributed by atoms with Crippen LogP contribution in [0, 0.1) is 0 Å². The number of carbonyl (C=O) groups excluding carboxylic acids is 1. The van der Waals surface area contributed by atoms with E-state index in [9.17, 15) is 9.90 Å². The maximum absolute atomic E-state index is 11.9. The van der Waals surface area contributed by atoms with Gasteiger partial charge in [-0.05, 0) is 19.4 Å². The van der Waals surface area contributed by atoms with Gasteiger partial charge in [0, 0.05) is 13.1 Å². The van der Waals surface area contributed by atoms with Gasteiger partial charge in [0.15, 0.2) is 6.10 Å². The lowest BCUT2D eigenvalue weighted by molar-refractivity contribution is -0.131. The number of rotatable bonds is 4. The van der Waals surface area contributed by atoms with E-state index in [2.05, 4.69) is 10.2 Å². The molecule has 1 aromatic rings. The van der Waals surface area contributed by atoms with Crippen LogP contribution in [-0.4, -0.2) is 47.9 Å². The van der Waals surface area contributed by atoms with Crippen LogP contribution in [0.1, 0.15) is 25.5 Å². The molecule has 0 aliphatic carbocycles. The quantitative estimate of drug-likeness (QED) is 0.859. The fourth-order valence-electron chi connectivity index (χ4n) is 2.49. The Morgan fingerprint density at radius 2 is 1.95 bits per heavy atom. The summed E-state index contributed by atoms with van der Waals surface area (Å²) in [5.74, 6) is -0.372. The lowest BCUT2D eigenvalue weighted by Crippen LogP contribution is -2.50. The van der Waals surface area contributed by atoms with Crippen molar-refractivity contribution in [2.45, 2.75) is 32.2 Å². The number of aliphatic hydroxyl groups excluding tert-OH is 1. The van der Waals surface area contributed by atoms with E-state index in [1.807, 2.05) is 19.9 Å². The van der Waals surface area contributed by atoms with E-state index >= 15 is 0 Å². The minimum Gasteiger partial charge on any atom is -0.378 e. The predicted molar refractivity (Wildman–Crippen MR) is 76.0 cm³/mol. The van der Waals surface area contributed by atoms with Gasteiger partial charge in [-0.2, -0.15) is 0 Å². The Labute approximate surface area is 119 Å². The Kier molecular flexibility index (Phi) is 5.11. The van der Waals surface area contributed by atoms with Gasteiger partial charge in [0.05, 0.1) is 18.9 Å². The smallest absolute Gasteiger partial charge is 0.254 e. The molecule has 1 fully saturated rings. The van der Waals surface area contributed by atoms with Gasteiger partial charge in [0.25, 0.3) is 5.91 Å². The zero-order valence-corrected chi connectivity index (χ0v) is 12.0. The Morgan fingerprint density at radius 1 is 1.35 bits per heavy atom. The summed E-state index contributed by atoms with van der Waals surface area (Å²) in [6.07, 6.45) is -0.795. The van der Waals surface area contributed by atoms with Crippen LogP contribution in [0.15, 0.2) is 30.3 Å². The maximum Gasteiger partial charge on any atom is 0.254 e. The first kappa shape index (κ1) is 15.0. The monoisotopic (exact) mass is 278 g/mol. The van der Waals surface area contributed by atoms with Crippen LogP contribution in [0.3, 0.4) is 0 Å². The third kappa shape index (κ3) is 4.03. The molecule has 110 valence electrons. The normalized spacial score (nSPS) is 25.1. The van der Waals surface area contributed by atoms with Crippen LogP contribution in [-0.2, 0) is 9.53 Å². The molecule has 2 N–H and O–H groups in total. The molecule has 1 saturated heterocycles. The molecule has 1 aliphatic heterocycles. The molecule has 5 nitrogen and oxygen atoms in total. The fourth-order valence-corrected chi connectivity index (χ4v) is 2.49. The van der Waals surface area contributed by atoms with Crippen LogP contribution in [0.25, 0.3) is 0 Å². The molecular formula is C15H22N2O3. The van der Waals surface area contributed by atoms with E-state index in [1.165, 1.54) is 0 Å². The molecule has 2 rings (SSSR count). The van der Waals surface area contributed by atoms with Gasteiger partial charge in [-0.1, -0.05) is 30.3 Å². The van der Waals surface area contributed by atoms with E-state index in [0.29, 0.717) is 12.2 Å². The fraction of sp³-hybridized carbons (Fsp3) is 0.533. The molecule has 0 spiro atoms. The lowest BCUT2D eigenvalue weighted by Gasteiger charge is -2.35. The third-order valence-corrected chi connectivity index (χ3v) is 3.34. The molecule has 3 atom stereocenters. The van der Waals surface area contributed by atoms with Crippen LogP contribution in [0.2, 0.25) is 0 Å². The summed E-state index contributed by atoms with van der Waals surface area (Å²) in [6, 6.07) is 8.94. The Balaban J connectivity index is 1.83. The number of nitrogens with one attached hydrogen (secondary N) is 1. The molecule has 0 saturated carbocycles. The molecule has 1 amide bonds. The first-order valence-electron chi connectivity index (χ1n) is 6.95. The summed E-state index contributed by atoms with van der Waals surface area (Å²) >= 11 is 0. The van der Waals surface area contributed by atoms with E-state index < -0.39 is 6.10 Å². The first-order chi connectivity index (χ1) is 9.56. The zero-order chi connectivity index (χ0) is 14.5. The second-order valence-corrected chi connectivity index (χ2v) is 5.31. The van der Waals surface area contributed by atoms with E-state index in [0.717, 1.165) is 13.1 Å². The largest absolute Gasteiger partial charge is 0.378 e. The number of amides is 1. The third-order valence-electron chi connectivity index (χ3n) is 3.34. The Bertz CT molecular complexity index is 428. The number of hydrogen-bond acceptors (Lipinski definition) is 4. The van der Waals surface area contributed by atoms with Gasteiger partial charge in [-0.15, -0.1) is 0 Å². The van der Waals surface area contributed by atoms with Gasteiger partial charge >= 0.3 is 0 Å². The summed E-state index contributed by atoms with van der Waals surface area (Å²) in [5.41, 5.74) is 0.605. The summed E-state index contributed by atoms with van der Waals surface area (Å²) < 4.78 is 5.64. The maximum atomic E-state index is 11.9. The van der Waals surface area contributed by atoms with Crippen molar-refractivity contribution >= 4 is 5.91 Å². The SMILES string of the molecule is CC1CN(CNC(=O)C(O)c2ccccc2)CC(C)O1. The molecule has 1 aliphatic rings. The van der Waals surface area contributed by atoms with Crippen molar-refractivity contribution in [1.82, 2.24) is 10.2 Å². The van der Waals surface area contributed by atoms with Gasteiger partial charge in [-0.25, -0.2) is 0 Å². The van der Waals surface area contributed by atoms with E-state index in [4.69, 9.17) is 4.74 Å². The van der Waals surface area contributed by atoms with Crippen molar-refractivity contribution in [2.75, 3.05) is 19.8 Å². The average Bonchev–Trinajstić information content (AvgIpc) is 2.44. The van der Waals surface area contributed by atoms with Crippen molar-refractivity contribution in [3.8, 4) is 0 Å². The highest BCUT2D eigenvalue weighted by Gasteiger charge is 2.23. The number of nitrogens with zero attached hydrogens (tertiary/aromatic N) is 1. The van der Waals surface area contributed by atoms with E-state index in [1.54, 1.807) is 24.3 Å². The number of morpholine rings is 1. The molecule has 0 aromatic heterocycles. The number of carbonyl (C=O) groups is 1. The van der Waals surface area contributed by atoms with Gasteiger partial charge < -0.3 is 15.2 Å².